The maximum atomic E-state index is 13.5. The van der Waals surface area contributed by atoms with Gasteiger partial charge in [0.1, 0.15) is 11.5 Å². The second-order valence-corrected chi connectivity index (χ2v) is 8.94. The summed E-state index contributed by atoms with van der Waals surface area (Å²) in [7, 11) is 3.74. The van der Waals surface area contributed by atoms with E-state index in [0.717, 1.165) is 12.0 Å². The van der Waals surface area contributed by atoms with Crippen molar-refractivity contribution in [3.05, 3.63) is 52.6 Å². The Labute approximate surface area is 226 Å². The largest absolute Gasteiger partial charge is 0.497 e. The molecule has 0 saturated heterocycles. The minimum Gasteiger partial charge on any atom is -0.497 e. The molecule has 2 aromatic rings. The van der Waals surface area contributed by atoms with Crippen LogP contribution in [0.4, 0.5) is 41.6 Å². The number of fused-ring (bicyclic) bond motifs is 1. The van der Waals surface area contributed by atoms with Gasteiger partial charge in [-0.05, 0) is 44.0 Å². The number of carbonyl (C=O) groups is 2. The van der Waals surface area contributed by atoms with Crippen LogP contribution in [0.15, 0.2) is 30.3 Å². The number of hydrogen-bond donors (Lipinski definition) is 0. The Bertz CT molecular complexity index is 1220. The lowest BCUT2D eigenvalue weighted by Crippen LogP contribution is -2.47. The van der Waals surface area contributed by atoms with Gasteiger partial charge in [0.2, 0.25) is 0 Å². The van der Waals surface area contributed by atoms with Crippen molar-refractivity contribution >= 4 is 17.9 Å². The molecule has 1 heterocycles. The number of halogens is 6. The second kappa shape index (κ2) is 11.7. The van der Waals surface area contributed by atoms with E-state index in [2.05, 4.69) is 0 Å². The Kier molecular flexibility index (Phi) is 9.00. The normalized spacial score (nSPS) is 17.1. The molecule has 40 heavy (non-hydrogen) atoms. The van der Waals surface area contributed by atoms with Gasteiger partial charge in [0, 0.05) is 30.3 Å². The van der Waals surface area contributed by atoms with Crippen LogP contribution >= 0.6 is 0 Å². The molecule has 0 bridgehead atoms. The standard InChI is InChI=1S/C26H28F6N2O6/c1-6-40-24(36)34-14(2)7-19(22-20(34)11-18(37-3)12-21(22)38-4)33(23(35)39-5)13-15-8-16(25(27,28)29)10-17(9-15)26(30,31)32/h8-12,14,19H,6-7,13H2,1-5H3/t14-,19+/m0/s1. The van der Waals surface area contributed by atoms with Crippen LogP contribution in [0, 0.1) is 0 Å². The zero-order valence-electron chi connectivity index (χ0n) is 22.3. The lowest BCUT2D eigenvalue weighted by atomic mass is 9.89. The Hall–Kier alpha value is -3.84. The number of ether oxygens (including phenoxy) is 4. The number of hydrogen-bond acceptors (Lipinski definition) is 6. The number of nitrogens with zero attached hydrogens (tertiary/aromatic N) is 2. The third-order valence-electron chi connectivity index (χ3n) is 6.40. The number of alkyl halides is 6. The van der Waals surface area contributed by atoms with Gasteiger partial charge in [-0.25, -0.2) is 9.59 Å². The molecule has 3 rings (SSSR count). The molecule has 0 spiro atoms. The molecular formula is C26H28F6N2O6. The van der Waals surface area contributed by atoms with Gasteiger partial charge < -0.3 is 18.9 Å². The van der Waals surface area contributed by atoms with Crippen LogP contribution in [0.1, 0.15) is 48.6 Å². The molecule has 0 fully saturated rings. The minimum atomic E-state index is -5.07. The Balaban J connectivity index is 2.22. The van der Waals surface area contributed by atoms with Crippen LogP contribution in [-0.2, 0) is 28.4 Å². The first kappa shape index (κ1) is 30.7. The van der Waals surface area contributed by atoms with Crippen molar-refractivity contribution in [2.45, 2.75) is 51.2 Å². The van der Waals surface area contributed by atoms with E-state index in [1.807, 2.05) is 0 Å². The van der Waals surface area contributed by atoms with Gasteiger partial charge >= 0.3 is 24.5 Å². The Morgan fingerprint density at radius 2 is 1.55 bits per heavy atom. The molecule has 2 aromatic carbocycles. The van der Waals surface area contributed by atoms with Gasteiger partial charge in [-0.1, -0.05) is 0 Å². The molecule has 14 heteroatoms. The summed E-state index contributed by atoms with van der Waals surface area (Å²) in [5.74, 6) is 0.449. The monoisotopic (exact) mass is 578 g/mol. The van der Waals surface area contributed by atoms with Gasteiger partial charge in [0.15, 0.2) is 0 Å². The molecule has 0 N–H and O–H groups in total. The average Bonchev–Trinajstić information content (AvgIpc) is 2.88. The second-order valence-electron chi connectivity index (χ2n) is 8.94. The number of amides is 2. The van der Waals surface area contributed by atoms with Crippen LogP contribution < -0.4 is 14.4 Å². The van der Waals surface area contributed by atoms with E-state index in [-0.39, 0.29) is 41.8 Å². The van der Waals surface area contributed by atoms with E-state index in [9.17, 15) is 35.9 Å². The number of carbonyl (C=O) groups excluding carboxylic acids is 2. The third-order valence-corrected chi connectivity index (χ3v) is 6.40. The van der Waals surface area contributed by atoms with Crippen LogP contribution in [0.5, 0.6) is 11.5 Å². The summed E-state index contributed by atoms with van der Waals surface area (Å²) in [4.78, 5) is 28.2. The van der Waals surface area contributed by atoms with Gasteiger partial charge in [0.25, 0.3) is 0 Å². The fraction of sp³-hybridized carbons (Fsp3) is 0.462. The zero-order chi connectivity index (χ0) is 30.0. The van der Waals surface area contributed by atoms with Crippen molar-refractivity contribution in [2.24, 2.45) is 0 Å². The van der Waals surface area contributed by atoms with E-state index >= 15 is 0 Å². The first-order valence-corrected chi connectivity index (χ1v) is 12.0. The molecule has 2 amide bonds. The molecular weight excluding hydrogens is 550 g/mol. The van der Waals surface area contributed by atoms with Crippen molar-refractivity contribution in [1.29, 1.82) is 0 Å². The lowest BCUT2D eigenvalue weighted by molar-refractivity contribution is -0.143. The smallest absolute Gasteiger partial charge is 0.416 e. The Morgan fingerprint density at radius 3 is 2.02 bits per heavy atom. The first-order chi connectivity index (χ1) is 18.7. The average molecular weight is 579 g/mol. The molecule has 0 radical (unpaired) electrons. The molecule has 1 aliphatic heterocycles. The fourth-order valence-electron chi connectivity index (χ4n) is 4.67. The van der Waals surface area contributed by atoms with Gasteiger partial charge in [-0.15, -0.1) is 0 Å². The van der Waals surface area contributed by atoms with Crippen molar-refractivity contribution in [3.8, 4) is 11.5 Å². The maximum absolute atomic E-state index is 13.5. The number of anilines is 1. The summed E-state index contributed by atoms with van der Waals surface area (Å²) < 4.78 is 102. The van der Waals surface area contributed by atoms with Crippen molar-refractivity contribution in [3.63, 3.8) is 0 Å². The van der Waals surface area contributed by atoms with E-state index in [0.29, 0.717) is 12.1 Å². The summed E-state index contributed by atoms with van der Waals surface area (Å²) >= 11 is 0. The maximum Gasteiger partial charge on any atom is 0.416 e. The first-order valence-electron chi connectivity index (χ1n) is 12.0. The van der Waals surface area contributed by atoms with Crippen molar-refractivity contribution in [2.75, 3.05) is 32.8 Å². The third kappa shape index (κ3) is 6.31. The highest BCUT2D eigenvalue weighted by molar-refractivity contribution is 5.91. The quantitative estimate of drug-likeness (QED) is 0.351. The van der Waals surface area contributed by atoms with Crippen LogP contribution in [-0.4, -0.2) is 51.1 Å². The molecule has 0 unspecified atom stereocenters. The minimum absolute atomic E-state index is 0.0104. The van der Waals surface area contributed by atoms with E-state index in [4.69, 9.17) is 18.9 Å². The molecule has 0 saturated carbocycles. The highest BCUT2D eigenvalue weighted by Gasteiger charge is 2.42. The lowest BCUT2D eigenvalue weighted by Gasteiger charge is -2.43. The number of benzene rings is 2. The predicted molar refractivity (Wildman–Crippen MR) is 130 cm³/mol. The number of methoxy groups -OCH3 is 3. The van der Waals surface area contributed by atoms with Gasteiger partial charge in [-0.2, -0.15) is 26.3 Å². The molecule has 0 aromatic heterocycles. The van der Waals surface area contributed by atoms with Crippen LogP contribution in [0.25, 0.3) is 0 Å². The zero-order valence-corrected chi connectivity index (χ0v) is 22.3. The number of rotatable bonds is 6. The SMILES string of the molecule is CCOC(=O)N1c2cc(OC)cc(OC)c2[C@H](N(Cc2cc(C(F)(F)F)cc(C(F)(F)F)c2)C(=O)OC)C[C@@H]1C. The van der Waals surface area contributed by atoms with Crippen molar-refractivity contribution in [1.82, 2.24) is 4.90 Å². The van der Waals surface area contributed by atoms with E-state index in [1.165, 1.54) is 31.3 Å². The molecule has 8 nitrogen and oxygen atoms in total. The predicted octanol–water partition coefficient (Wildman–Crippen LogP) is 6.81. The summed E-state index contributed by atoms with van der Waals surface area (Å²) in [5, 5.41) is 0. The van der Waals surface area contributed by atoms with Crippen molar-refractivity contribution < 1.29 is 54.9 Å². The van der Waals surface area contributed by atoms with Crippen LogP contribution in [0.2, 0.25) is 0 Å². The van der Waals surface area contributed by atoms with E-state index in [1.54, 1.807) is 13.8 Å². The molecule has 0 aliphatic carbocycles. The molecule has 2 atom stereocenters. The summed E-state index contributed by atoms with van der Waals surface area (Å²) in [6.45, 7) is 2.66. The highest BCUT2D eigenvalue weighted by atomic mass is 19.4. The molecule has 1 aliphatic rings. The molecule has 220 valence electrons. The summed E-state index contributed by atoms with van der Waals surface area (Å²) in [6, 6.07) is 2.46. The van der Waals surface area contributed by atoms with E-state index < -0.39 is 59.9 Å². The topological polar surface area (TPSA) is 77.5 Å². The van der Waals surface area contributed by atoms with Crippen LogP contribution in [0.3, 0.4) is 0 Å². The van der Waals surface area contributed by atoms with Gasteiger partial charge in [0.05, 0.1) is 50.8 Å². The summed E-state index contributed by atoms with van der Waals surface area (Å²) in [6.07, 6.45) is -11.8. The highest BCUT2D eigenvalue weighted by Crippen LogP contribution is 2.48. The fourth-order valence-corrected chi connectivity index (χ4v) is 4.67. The Morgan fingerprint density at radius 1 is 0.950 bits per heavy atom. The summed E-state index contributed by atoms with van der Waals surface area (Å²) in [5.41, 5.74) is -2.97. The van der Waals surface area contributed by atoms with Gasteiger partial charge in [-0.3, -0.25) is 9.80 Å².